The van der Waals surface area contributed by atoms with Gasteiger partial charge in [0, 0.05) is 23.0 Å². The molecule has 10 nitrogen and oxygen atoms in total. The highest BCUT2D eigenvalue weighted by atomic mass is 35.5. The molecular weight excluding hydrogens is 537 g/mol. The summed E-state index contributed by atoms with van der Waals surface area (Å²) in [5.74, 6) is -0.141. The molecule has 4 aromatic heterocycles. The fourth-order valence-corrected chi connectivity index (χ4v) is 5.08. The van der Waals surface area contributed by atoms with Gasteiger partial charge in [0.05, 0.1) is 59.4 Å². The van der Waals surface area contributed by atoms with E-state index < -0.39 is 0 Å². The lowest BCUT2D eigenvalue weighted by Gasteiger charge is -2.15. The first-order valence-electron chi connectivity index (χ1n) is 11.0. The number of nitrogens with zero attached hydrogens (tertiary/aromatic N) is 6. The number of anilines is 1. The van der Waals surface area contributed by atoms with Crippen molar-refractivity contribution < 1.29 is 14.3 Å². The van der Waals surface area contributed by atoms with Crippen LogP contribution in [0.1, 0.15) is 42.9 Å². The van der Waals surface area contributed by atoms with Gasteiger partial charge in [0.1, 0.15) is 10.9 Å². The lowest BCUT2D eigenvalue weighted by molar-refractivity contribution is 0.0738. The van der Waals surface area contributed by atoms with Gasteiger partial charge in [-0.25, -0.2) is 19.9 Å². The first kappa shape index (κ1) is 25.0. The number of amides is 2. The van der Waals surface area contributed by atoms with E-state index in [0.29, 0.717) is 50.5 Å². The molecule has 0 atom stereocenters. The summed E-state index contributed by atoms with van der Waals surface area (Å²) >= 11 is 13.4. The van der Waals surface area contributed by atoms with Gasteiger partial charge in [-0.15, -0.1) is 0 Å². The van der Waals surface area contributed by atoms with Crippen molar-refractivity contribution in [1.29, 1.82) is 0 Å². The SMILES string of the molecule is COc1cnc(Cl)cc1-c1cc(C)ncc1C(=O)Nc1nc2c(s1)CN(C(=O)c1ncc(Cl)c(C)n1)C2. The summed E-state index contributed by atoms with van der Waals surface area (Å²) in [5.41, 5.74) is 3.52. The van der Waals surface area contributed by atoms with Gasteiger partial charge < -0.3 is 9.64 Å². The molecule has 0 aromatic carbocycles. The number of hydrogen-bond donors (Lipinski definition) is 1. The van der Waals surface area contributed by atoms with E-state index in [2.05, 4.69) is 30.2 Å². The van der Waals surface area contributed by atoms with Gasteiger partial charge in [-0.05, 0) is 26.0 Å². The largest absolute Gasteiger partial charge is 0.494 e. The second-order valence-electron chi connectivity index (χ2n) is 8.21. The number of methoxy groups -OCH3 is 1. The minimum absolute atomic E-state index is 0.0802. The van der Waals surface area contributed by atoms with Crippen molar-refractivity contribution in [3.8, 4) is 16.9 Å². The Balaban J connectivity index is 1.35. The molecule has 0 unspecified atom stereocenters. The topological polar surface area (TPSA) is 123 Å². The molecule has 0 bridgehead atoms. The molecule has 0 fully saturated rings. The zero-order valence-electron chi connectivity index (χ0n) is 19.9. The van der Waals surface area contributed by atoms with E-state index in [1.807, 2.05) is 6.92 Å². The first-order valence-corrected chi connectivity index (χ1v) is 12.6. The summed E-state index contributed by atoms with van der Waals surface area (Å²) in [6.45, 7) is 4.17. The molecular formula is C24H19Cl2N7O3S. The number of nitrogens with one attached hydrogen (secondary N) is 1. The summed E-state index contributed by atoms with van der Waals surface area (Å²) in [7, 11) is 1.52. The molecule has 188 valence electrons. The fourth-order valence-electron chi connectivity index (χ4n) is 3.85. The quantitative estimate of drug-likeness (QED) is 0.350. The minimum atomic E-state index is -0.386. The van der Waals surface area contributed by atoms with Gasteiger partial charge in [-0.3, -0.25) is 19.9 Å². The van der Waals surface area contributed by atoms with Crippen LogP contribution in [-0.4, -0.2) is 48.7 Å². The highest BCUT2D eigenvalue weighted by molar-refractivity contribution is 7.16. The number of carbonyl (C=O) groups is 2. The number of pyridine rings is 2. The van der Waals surface area contributed by atoms with Crippen LogP contribution in [-0.2, 0) is 13.1 Å². The molecule has 0 saturated carbocycles. The number of halogens is 2. The van der Waals surface area contributed by atoms with Gasteiger partial charge in [-0.2, -0.15) is 0 Å². The van der Waals surface area contributed by atoms with Crippen LogP contribution in [0.5, 0.6) is 5.75 Å². The monoisotopic (exact) mass is 555 g/mol. The molecule has 5 heterocycles. The second kappa shape index (κ2) is 10.0. The number of hydrogen-bond acceptors (Lipinski definition) is 9. The van der Waals surface area contributed by atoms with Crippen molar-refractivity contribution in [2.75, 3.05) is 12.4 Å². The number of ether oxygens (including phenoxy) is 1. The third-order valence-corrected chi connectivity index (χ3v) is 7.28. The van der Waals surface area contributed by atoms with Crippen LogP contribution in [0.3, 0.4) is 0 Å². The van der Waals surface area contributed by atoms with Crippen LogP contribution in [0.4, 0.5) is 5.13 Å². The number of rotatable bonds is 5. The molecule has 37 heavy (non-hydrogen) atoms. The molecule has 4 aromatic rings. The highest BCUT2D eigenvalue weighted by Gasteiger charge is 2.30. The molecule has 1 N–H and O–H groups in total. The van der Waals surface area contributed by atoms with Crippen molar-refractivity contribution in [2.24, 2.45) is 0 Å². The van der Waals surface area contributed by atoms with Gasteiger partial charge >= 0.3 is 0 Å². The van der Waals surface area contributed by atoms with Gasteiger partial charge in [0.25, 0.3) is 11.8 Å². The minimum Gasteiger partial charge on any atom is -0.494 e. The number of aromatic nitrogens is 5. The maximum Gasteiger partial charge on any atom is 0.292 e. The van der Waals surface area contributed by atoms with Crippen molar-refractivity contribution in [3.05, 3.63) is 74.2 Å². The third kappa shape index (κ3) is 4.97. The standard InChI is InChI=1S/C24H19Cl2N7O3S/c1-11-4-13(14-5-20(26)28-8-18(14)36-3)15(6-27-11)22(34)32-24-31-17-9-33(10-19(17)37-24)23(35)21-29-7-16(25)12(2)30-21/h4-8H,9-10H2,1-3H3,(H,31,32,34). The Morgan fingerprint density at radius 2 is 1.84 bits per heavy atom. The zero-order chi connectivity index (χ0) is 26.3. The van der Waals surface area contributed by atoms with Crippen LogP contribution >= 0.6 is 34.5 Å². The fraction of sp³-hybridized carbons (Fsp3) is 0.208. The Kier molecular flexibility index (Phi) is 6.76. The number of aryl methyl sites for hydroxylation is 2. The number of carbonyl (C=O) groups excluding carboxylic acids is 2. The smallest absolute Gasteiger partial charge is 0.292 e. The molecule has 2 amide bonds. The molecule has 0 radical (unpaired) electrons. The Bertz CT molecular complexity index is 1540. The van der Waals surface area contributed by atoms with E-state index in [4.69, 9.17) is 27.9 Å². The van der Waals surface area contributed by atoms with Crippen molar-refractivity contribution in [2.45, 2.75) is 26.9 Å². The van der Waals surface area contributed by atoms with Crippen LogP contribution in [0, 0.1) is 13.8 Å². The van der Waals surface area contributed by atoms with Gasteiger partial charge in [-0.1, -0.05) is 34.5 Å². The van der Waals surface area contributed by atoms with E-state index in [-0.39, 0.29) is 29.3 Å². The zero-order valence-corrected chi connectivity index (χ0v) is 22.2. The van der Waals surface area contributed by atoms with Crippen molar-refractivity contribution in [3.63, 3.8) is 0 Å². The molecule has 0 saturated heterocycles. The second-order valence-corrected chi connectivity index (χ2v) is 10.1. The Morgan fingerprint density at radius 1 is 1.03 bits per heavy atom. The summed E-state index contributed by atoms with van der Waals surface area (Å²) in [6, 6.07) is 3.43. The van der Waals surface area contributed by atoms with E-state index in [1.165, 1.54) is 37.0 Å². The third-order valence-electron chi connectivity index (χ3n) is 5.70. The predicted octanol–water partition coefficient (Wildman–Crippen LogP) is 4.73. The van der Waals surface area contributed by atoms with E-state index >= 15 is 0 Å². The van der Waals surface area contributed by atoms with Gasteiger partial charge in [0.2, 0.25) is 5.82 Å². The van der Waals surface area contributed by atoms with Crippen molar-refractivity contribution in [1.82, 2.24) is 29.8 Å². The summed E-state index contributed by atoms with van der Waals surface area (Å²) in [6.07, 6.45) is 4.42. The molecule has 1 aliphatic heterocycles. The number of fused-ring (bicyclic) bond motifs is 1. The van der Waals surface area contributed by atoms with E-state index in [0.717, 1.165) is 10.6 Å². The summed E-state index contributed by atoms with van der Waals surface area (Å²) in [4.78, 5) is 49.7. The van der Waals surface area contributed by atoms with Crippen LogP contribution < -0.4 is 10.1 Å². The summed E-state index contributed by atoms with van der Waals surface area (Å²) < 4.78 is 5.43. The maximum absolute atomic E-state index is 13.3. The Hall–Kier alpha value is -3.67. The van der Waals surface area contributed by atoms with Crippen LogP contribution in [0.15, 0.2) is 30.7 Å². The predicted molar refractivity (Wildman–Crippen MR) is 139 cm³/mol. The lowest BCUT2D eigenvalue weighted by Crippen LogP contribution is -2.27. The van der Waals surface area contributed by atoms with E-state index in [1.54, 1.807) is 24.0 Å². The molecule has 0 aliphatic carbocycles. The average Bonchev–Trinajstić information content (AvgIpc) is 3.44. The molecule has 5 rings (SSSR count). The highest BCUT2D eigenvalue weighted by Crippen LogP contribution is 2.35. The first-order chi connectivity index (χ1) is 17.7. The molecule has 0 spiro atoms. The van der Waals surface area contributed by atoms with Crippen LogP contribution in [0.25, 0.3) is 11.1 Å². The molecule has 1 aliphatic rings. The Morgan fingerprint density at radius 3 is 2.57 bits per heavy atom. The Labute approximate surface area is 225 Å². The average molecular weight is 556 g/mol. The normalized spacial score (nSPS) is 12.4. The lowest BCUT2D eigenvalue weighted by atomic mass is 10.0. The number of thiazole rings is 1. The van der Waals surface area contributed by atoms with Gasteiger partial charge in [0.15, 0.2) is 5.13 Å². The summed E-state index contributed by atoms with van der Waals surface area (Å²) in [5, 5.41) is 3.95. The van der Waals surface area contributed by atoms with Crippen molar-refractivity contribution >= 4 is 51.5 Å². The maximum atomic E-state index is 13.3. The van der Waals surface area contributed by atoms with Crippen LogP contribution in [0.2, 0.25) is 10.2 Å². The molecule has 13 heteroatoms. The van der Waals surface area contributed by atoms with E-state index in [9.17, 15) is 9.59 Å².